The van der Waals surface area contributed by atoms with Crippen molar-refractivity contribution in [1.29, 1.82) is 0 Å². The predicted octanol–water partition coefficient (Wildman–Crippen LogP) is 5.35. The lowest BCUT2D eigenvalue weighted by Crippen LogP contribution is -2.44. The fraction of sp³-hybridized carbons (Fsp3) is 0.727. The van der Waals surface area contributed by atoms with Gasteiger partial charge in [-0.1, -0.05) is 19.8 Å². The van der Waals surface area contributed by atoms with Crippen LogP contribution in [-0.4, -0.2) is 19.8 Å². The molecule has 0 aromatic heterocycles. The molecule has 2 saturated carbocycles. The van der Waals surface area contributed by atoms with Gasteiger partial charge in [0.15, 0.2) is 0 Å². The molecule has 1 aromatic carbocycles. The second kappa shape index (κ2) is 6.37. The highest BCUT2D eigenvalue weighted by Crippen LogP contribution is 2.61. The van der Waals surface area contributed by atoms with Crippen molar-refractivity contribution < 1.29 is 13.6 Å². The highest BCUT2D eigenvalue weighted by Gasteiger charge is 2.54. The van der Waals surface area contributed by atoms with Crippen molar-refractivity contribution in [3.8, 4) is 5.75 Å². The Balaban J connectivity index is 1.49. The van der Waals surface area contributed by atoms with Gasteiger partial charge in [-0.25, -0.2) is 0 Å². The Morgan fingerprint density at radius 3 is 3.00 bits per heavy atom. The first-order chi connectivity index (χ1) is 12.8. The summed E-state index contributed by atoms with van der Waals surface area (Å²) >= 11 is 0. The van der Waals surface area contributed by atoms with E-state index in [0.717, 1.165) is 24.0 Å². The van der Waals surface area contributed by atoms with Crippen LogP contribution in [0.4, 0.5) is 0 Å². The minimum Gasteiger partial charge on any atom is -0.494 e. The van der Waals surface area contributed by atoms with E-state index in [9.17, 15) is 0 Å². The van der Waals surface area contributed by atoms with Gasteiger partial charge in [-0.3, -0.25) is 0 Å². The monoisotopic (exact) mass is 331 g/mol. The molecule has 5 atom stereocenters. The summed E-state index contributed by atoms with van der Waals surface area (Å²) in [6.45, 7) is 0.796. The Morgan fingerprint density at radius 1 is 1.25 bits per heavy atom. The van der Waals surface area contributed by atoms with Crippen molar-refractivity contribution in [2.45, 2.75) is 70.7 Å². The molecule has 0 aliphatic heterocycles. The van der Waals surface area contributed by atoms with Gasteiger partial charge in [-0.05, 0) is 91.4 Å². The highest BCUT2D eigenvalue weighted by atomic mass is 16.5. The van der Waals surface area contributed by atoms with Crippen LogP contribution in [0.25, 0.3) is 0 Å². The second-order valence-corrected chi connectivity index (χ2v) is 8.22. The number of methoxy groups -OCH3 is 1. The van der Waals surface area contributed by atoms with Crippen LogP contribution in [0, 0.1) is 17.3 Å². The summed E-state index contributed by atoms with van der Waals surface area (Å²) in [5, 5.41) is 0. The molecule has 2 nitrogen and oxygen atoms in total. The number of rotatable bonds is 4. The van der Waals surface area contributed by atoms with Crippen molar-refractivity contribution in [3.05, 3.63) is 29.3 Å². The number of hydrogen-bond donors (Lipinski definition) is 0. The molecule has 0 N–H and O–H groups in total. The molecule has 0 radical (unpaired) electrons. The molecule has 0 bridgehead atoms. The van der Waals surface area contributed by atoms with Gasteiger partial charge in [-0.15, -0.1) is 0 Å². The molecule has 0 saturated heterocycles. The maximum atomic E-state index is 7.30. The average molecular weight is 332 g/mol. The Labute approximate surface area is 151 Å². The average Bonchev–Trinajstić information content (AvgIpc) is 2.96. The molecule has 3 aliphatic carbocycles. The summed E-state index contributed by atoms with van der Waals surface area (Å²) in [7, 11) is 1.88. The van der Waals surface area contributed by atoms with E-state index in [1.54, 1.807) is 0 Å². The Morgan fingerprint density at radius 2 is 2.17 bits per heavy atom. The lowest BCUT2D eigenvalue weighted by molar-refractivity contribution is -0.0444. The fourth-order valence-electron chi connectivity index (χ4n) is 6.16. The molecule has 132 valence electrons. The molecular formula is C22H32O2. The molecule has 3 aliphatic rings. The van der Waals surface area contributed by atoms with Crippen molar-refractivity contribution in [2.24, 2.45) is 17.3 Å². The minimum absolute atomic E-state index is 0.0930. The quantitative estimate of drug-likeness (QED) is 0.741. The molecule has 0 heterocycles. The van der Waals surface area contributed by atoms with E-state index < -0.39 is 6.85 Å². The van der Waals surface area contributed by atoms with Gasteiger partial charge in [0.2, 0.25) is 0 Å². The molecule has 0 amide bonds. The van der Waals surface area contributed by atoms with E-state index in [0.29, 0.717) is 17.4 Å². The van der Waals surface area contributed by atoms with Gasteiger partial charge in [-0.2, -0.15) is 0 Å². The molecule has 24 heavy (non-hydrogen) atoms. The third kappa shape index (κ3) is 2.49. The lowest BCUT2D eigenvalue weighted by atomic mass is 9.55. The second-order valence-electron chi connectivity index (χ2n) is 8.22. The molecule has 2 fully saturated rings. The topological polar surface area (TPSA) is 18.5 Å². The maximum absolute atomic E-state index is 7.30. The number of ether oxygens (including phenoxy) is 2. The number of hydrogen-bond acceptors (Lipinski definition) is 2. The third-order valence-corrected chi connectivity index (χ3v) is 7.27. The number of benzene rings is 1. The summed E-state index contributed by atoms with van der Waals surface area (Å²) in [6.07, 6.45) is 7.92. The Kier molecular flexibility index (Phi) is 3.51. The smallest absolute Gasteiger partial charge is 0.119 e. The predicted molar refractivity (Wildman–Crippen MR) is 97.6 cm³/mol. The zero-order valence-corrected chi connectivity index (χ0v) is 15.0. The van der Waals surface area contributed by atoms with E-state index in [1.807, 2.05) is 13.2 Å². The van der Waals surface area contributed by atoms with E-state index in [-0.39, 0.29) is 13.0 Å². The van der Waals surface area contributed by atoms with Gasteiger partial charge in [0.05, 0.1) is 12.7 Å². The first-order valence-corrected chi connectivity index (χ1v) is 9.60. The van der Waals surface area contributed by atoms with Crippen LogP contribution in [0.5, 0.6) is 5.75 Å². The van der Waals surface area contributed by atoms with Gasteiger partial charge < -0.3 is 9.47 Å². The van der Waals surface area contributed by atoms with E-state index in [1.165, 1.54) is 43.2 Å². The van der Waals surface area contributed by atoms with Crippen LogP contribution in [0.2, 0.25) is 0 Å². The van der Waals surface area contributed by atoms with Crippen molar-refractivity contribution >= 4 is 0 Å². The normalized spacial score (nSPS) is 39.8. The van der Waals surface area contributed by atoms with Gasteiger partial charge in [0.25, 0.3) is 0 Å². The highest BCUT2D eigenvalue weighted by molar-refractivity contribution is 5.40. The summed E-state index contributed by atoms with van der Waals surface area (Å²) in [5.74, 6) is 3.04. The number of fused-ring (bicyclic) bond motifs is 5. The molecule has 1 aromatic rings. The van der Waals surface area contributed by atoms with E-state index in [4.69, 9.17) is 13.6 Å². The van der Waals surface area contributed by atoms with Crippen LogP contribution < -0.4 is 4.74 Å². The van der Waals surface area contributed by atoms with Gasteiger partial charge >= 0.3 is 0 Å². The Bertz CT molecular complexity index is 687. The summed E-state index contributed by atoms with van der Waals surface area (Å²) < 4.78 is 33.5. The molecule has 0 spiro atoms. The zero-order valence-electron chi connectivity index (χ0n) is 18.0. The first-order valence-electron chi connectivity index (χ1n) is 11.1. The van der Waals surface area contributed by atoms with Crippen LogP contribution in [-0.2, 0) is 11.2 Å². The summed E-state index contributed by atoms with van der Waals surface area (Å²) in [6, 6.07) is 6.45. The minimum atomic E-state index is -1.92. The van der Waals surface area contributed by atoms with Gasteiger partial charge in [0.1, 0.15) is 5.75 Å². The van der Waals surface area contributed by atoms with E-state index in [2.05, 4.69) is 19.1 Å². The molecule has 0 unspecified atom stereocenters. The standard InChI is InChI=1S/C22H32O2/c1-4-13-24-16-6-8-17-15(14-16)5-7-19-18(17)11-12-22(2)20(19)9-10-21(22)23-3/h6,8,14,18-21H,4-5,7,9-13H2,1-3H3/t18-,19-,20+,21+,22+/m0/s1/i1D3. The third-order valence-electron chi connectivity index (χ3n) is 7.27. The molecule has 4 rings (SSSR count). The van der Waals surface area contributed by atoms with Gasteiger partial charge in [0, 0.05) is 11.2 Å². The van der Waals surface area contributed by atoms with E-state index >= 15 is 0 Å². The molecular weight excluding hydrogens is 296 g/mol. The summed E-state index contributed by atoms with van der Waals surface area (Å²) in [4.78, 5) is 0. The first kappa shape index (κ1) is 13.2. The maximum Gasteiger partial charge on any atom is 0.119 e. The van der Waals surface area contributed by atoms with Crippen LogP contribution in [0.1, 0.15) is 73.5 Å². The van der Waals surface area contributed by atoms with Crippen molar-refractivity contribution in [3.63, 3.8) is 0 Å². The SMILES string of the molecule is [2H]C([2H])([2H])CCOc1ccc2c(c1)CC[C@@H]1[C@H]3CC[C@@H](OC)[C@]3(C)CC[C@@H]21. The zero-order chi connectivity index (χ0) is 19.2. The van der Waals surface area contributed by atoms with Crippen molar-refractivity contribution in [1.82, 2.24) is 0 Å². The molecule has 2 heteroatoms. The largest absolute Gasteiger partial charge is 0.494 e. The lowest BCUT2D eigenvalue weighted by Gasteiger charge is -2.50. The van der Waals surface area contributed by atoms with Crippen LogP contribution >= 0.6 is 0 Å². The number of aryl methyl sites for hydroxylation is 1. The van der Waals surface area contributed by atoms with Crippen LogP contribution in [0.15, 0.2) is 18.2 Å². The fourth-order valence-corrected chi connectivity index (χ4v) is 6.16. The van der Waals surface area contributed by atoms with Crippen LogP contribution in [0.3, 0.4) is 0 Å². The Hall–Kier alpha value is -1.02. The van der Waals surface area contributed by atoms with Crippen molar-refractivity contribution in [2.75, 3.05) is 13.7 Å². The summed E-state index contributed by atoms with van der Waals surface area (Å²) in [5.41, 5.74) is 3.27.